The number of halogens is 3. The van der Waals surface area contributed by atoms with Gasteiger partial charge in [0.1, 0.15) is 11.3 Å². The van der Waals surface area contributed by atoms with E-state index in [0.717, 1.165) is 0 Å². The van der Waals surface area contributed by atoms with Crippen molar-refractivity contribution >= 4 is 5.97 Å². The second-order valence-corrected chi connectivity index (χ2v) is 3.80. The van der Waals surface area contributed by atoms with Crippen molar-refractivity contribution in [3.8, 4) is 0 Å². The number of aryl methyl sites for hydroxylation is 1. The Hall–Kier alpha value is -1.57. The fraction of sp³-hybridized carbons (Fsp3) is 0.636. The standard InChI is InChI=1S/C11H15F3N2O3/c1-3-19-10(17)8-6-16(2)15-9(8)7-18-5-4-11(12,13)14/h6H,3-5,7H2,1-2H3. The minimum Gasteiger partial charge on any atom is -0.462 e. The predicted octanol–water partition coefficient (Wildman–Crippen LogP) is 2.07. The number of carbonyl (C=O) groups excluding carboxylic acids is 1. The van der Waals surface area contributed by atoms with Crippen molar-refractivity contribution in [1.29, 1.82) is 0 Å². The van der Waals surface area contributed by atoms with E-state index in [1.807, 2.05) is 0 Å². The molecule has 0 N–H and O–H groups in total. The van der Waals surface area contributed by atoms with Gasteiger partial charge in [-0.15, -0.1) is 0 Å². The second-order valence-electron chi connectivity index (χ2n) is 3.80. The maximum atomic E-state index is 11.9. The van der Waals surface area contributed by atoms with Crippen LogP contribution in [0.3, 0.4) is 0 Å². The Morgan fingerprint density at radius 3 is 2.74 bits per heavy atom. The van der Waals surface area contributed by atoms with Crippen LogP contribution in [0.15, 0.2) is 6.20 Å². The summed E-state index contributed by atoms with van der Waals surface area (Å²) in [6, 6.07) is 0. The molecule has 19 heavy (non-hydrogen) atoms. The van der Waals surface area contributed by atoms with Crippen molar-refractivity contribution in [2.75, 3.05) is 13.2 Å². The Morgan fingerprint density at radius 2 is 2.16 bits per heavy atom. The highest BCUT2D eigenvalue weighted by atomic mass is 19.4. The van der Waals surface area contributed by atoms with Gasteiger partial charge in [0, 0.05) is 13.2 Å². The molecule has 1 aromatic rings. The first-order valence-electron chi connectivity index (χ1n) is 5.67. The molecule has 1 rings (SSSR count). The fourth-order valence-electron chi connectivity index (χ4n) is 1.38. The molecule has 0 spiro atoms. The summed E-state index contributed by atoms with van der Waals surface area (Å²) in [6.45, 7) is 1.24. The summed E-state index contributed by atoms with van der Waals surface area (Å²) in [5, 5.41) is 3.96. The summed E-state index contributed by atoms with van der Waals surface area (Å²) in [5.41, 5.74) is 0.472. The van der Waals surface area contributed by atoms with Gasteiger partial charge < -0.3 is 9.47 Å². The van der Waals surface area contributed by atoms with E-state index in [4.69, 9.17) is 9.47 Å². The van der Waals surface area contributed by atoms with E-state index >= 15 is 0 Å². The van der Waals surface area contributed by atoms with E-state index in [1.165, 1.54) is 10.9 Å². The number of carbonyl (C=O) groups is 1. The van der Waals surface area contributed by atoms with Gasteiger partial charge in [-0.1, -0.05) is 0 Å². The molecular formula is C11H15F3N2O3. The van der Waals surface area contributed by atoms with Crippen LogP contribution in [0, 0.1) is 0 Å². The summed E-state index contributed by atoms with van der Waals surface area (Å²) < 4.78 is 46.8. The lowest BCUT2D eigenvalue weighted by atomic mass is 10.2. The molecule has 0 amide bonds. The highest BCUT2D eigenvalue weighted by molar-refractivity contribution is 5.90. The van der Waals surface area contributed by atoms with E-state index in [9.17, 15) is 18.0 Å². The molecule has 0 bridgehead atoms. The van der Waals surface area contributed by atoms with Gasteiger partial charge in [0.2, 0.25) is 0 Å². The van der Waals surface area contributed by atoms with E-state index in [2.05, 4.69) is 5.10 Å². The number of ether oxygens (including phenoxy) is 2. The molecule has 0 aromatic carbocycles. The first-order chi connectivity index (χ1) is 8.83. The van der Waals surface area contributed by atoms with Crippen LogP contribution < -0.4 is 0 Å². The third-order valence-corrected chi connectivity index (χ3v) is 2.17. The second kappa shape index (κ2) is 6.55. The summed E-state index contributed by atoms with van der Waals surface area (Å²) in [4.78, 5) is 11.6. The van der Waals surface area contributed by atoms with Gasteiger partial charge in [-0.05, 0) is 6.92 Å². The molecular weight excluding hydrogens is 265 g/mol. The highest BCUT2D eigenvalue weighted by Crippen LogP contribution is 2.19. The lowest BCUT2D eigenvalue weighted by Crippen LogP contribution is -2.12. The number of aromatic nitrogens is 2. The number of esters is 1. The smallest absolute Gasteiger partial charge is 0.391 e. The minimum absolute atomic E-state index is 0.162. The van der Waals surface area contributed by atoms with Crippen LogP contribution in [-0.2, 0) is 23.1 Å². The molecule has 108 valence electrons. The Kier molecular flexibility index (Phi) is 5.34. The van der Waals surface area contributed by atoms with E-state index in [0.29, 0.717) is 0 Å². The Labute approximate surface area is 108 Å². The zero-order chi connectivity index (χ0) is 14.5. The number of nitrogens with zero attached hydrogens (tertiary/aromatic N) is 2. The third kappa shape index (κ3) is 5.29. The lowest BCUT2D eigenvalue weighted by molar-refractivity contribution is -0.146. The van der Waals surface area contributed by atoms with Crippen molar-refractivity contribution in [3.63, 3.8) is 0 Å². The molecule has 0 aliphatic heterocycles. The zero-order valence-corrected chi connectivity index (χ0v) is 10.7. The fourth-order valence-corrected chi connectivity index (χ4v) is 1.38. The average molecular weight is 280 g/mol. The van der Waals surface area contributed by atoms with Crippen LogP contribution in [0.5, 0.6) is 0 Å². The molecule has 1 heterocycles. The largest absolute Gasteiger partial charge is 0.462 e. The van der Waals surface area contributed by atoms with Crippen molar-refractivity contribution < 1.29 is 27.4 Å². The summed E-state index contributed by atoms with van der Waals surface area (Å²) >= 11 is 0. The van der Waals surface area contributed by atoms with Gasteiger partial charge in [0.15, 0.2) is 0 Å². The maximum absolute atomic E-state index is 11.9. The van der Waals surface area contributed by atoms with Crippen molar-refractivity contribution in [2.45, 2.75) is 26.1 Å². The molecule has 1 aromatic heterocycles. The van der Waals surface area contributed by atoms with Gasteiger partial charge in [-0.3, -0.25) is 4.68 Å². The minimum atomic E-state index is -4.26. The molecule has 0 saturated heterocycles. The van der Waals surface area contributed by atoms with Crippen LogP contribution in [0.25, 0.3) is 0 Å². The molecule has 0 unspecified atom stereocenters. The molecule has 0 aliphatic carbocycles. The number of hydrogen-bond acceptors (Lipinski definition) is 4. The zero-order valence-electron chi connectivity index (χ0n) is 10.7. The lowest BCUT2D eigenvalue weighted by Gasteiger charge is -2.07. The van der Waals surface area contributed by atoms with Crippen molar-refractivity contribution in [1.82, 2.24) is 9.78 Å². The first-order valence-corrected chi connectivity index (χ1v) is 5.67. The Morgan fingerprint density at radius 1 is 1.47 bits per heavy atom. The number of alkyl halides is 3. The maximum Gasteiger partial charge on any atom is 0.391 e. The molecule has 0 atom stereocenters. The van der Waals surface area contributed by atoms with E-state index in [1.54, 1.807) is 14.0 Å². The molecule has 5 nitrogen and oxygen atoms in total. The van der Waals surface area contributed by atoms with Crippen LogP contribution in [0.1, 0.15) is 29.4 Å². The van der Waals surface area contributed by atoms with Crippen LogP contribution >= 0.6 is 0 Å². The normalized spacial score (nSPS) is 11.6. The molecule has 0 radical (unpaired) electrons. The summed E-state index contributed by atoms with van der Waals surface area (Å²) in [7, 11) is 1.60. The van der Waals surface area contributed by atoms with E-state index in [-0.39, 0.29) is 24.5 Å². The van der Waals surface area contributed by atoms with Crippen LogP contribution in [0.4, 0.5) is 13.2 Å². The Bertz CT molecular complexity index is 429. The Balaban J connectivity index is 2.56. The number of rotatable bonds is 6. The molecule has 8 heteroatoms. The van der Waals surface area contributed by atoms with Crippen LogP contribution in [-0.4, -0.2) is 35.1 Å². The highest BCUT2D eigenvalue weighted by Gasteiger charge is 2.26. The monoisotopic (exact) mass is 280 g/mol. The predicted molar refractivity (Wildman–Crippen MR) is 59.5 cm³/mol. The van der Waals surface area contributed by atoms with Gasteiger partial charge in [0.05, 0.1) is 26.2 Å². The molecule has 0 fully saturated rings. The SMILES string of the molecule is CCOC(=O)c1cn(C)nc1COCCC(F)(F)F. The van der Waals surface area contributed by atoms with Gasteiger partial charge in [-0.25, -0.2) is 4.79 Å². The first kappa shape index (κ1) is 15.5. The van der Waals surface area contributed by atoms with Gasteiger partial charge in [0.25, 0.3) is 0 Å². The average Bonchev–Trinajstić information content (AvgIpc) is 2.65. The third-order valence-electron chi connectivity index (χ3n) is 2.17. The molecule has 0 saturated carbocycles. The number of hydrogen-bond donors (Lipinski definition) is 0. The van der Waals surface area contributed by atoms with Gasteiger partial charge >= 0.3 is 12.1 Å². The quantitative estimate of drug-likeness (QED) is 0.591. The summed E-state index contributed by atoms with van der Waals surface area (Å²) in [5.74, 6) is -0.565. The van der Waals surface area contributed by atoms with Crippen molar-refractivity contribution in [2.24, 2.45) is 7.05 Å². The van der Waals surface area contributed by atoms with Gasteiger partial charge in [-0.2, -0.15) is 18.3 Å². The van der Waals surface area contributed by atoms with Crippen molar-refractivity contribution in [3.05, 3.63) is 17.5 Å². The van der Waals surface area contributed by atoms with E-state index < -0.39 is 25.2 Å². The topological polar surface area (TPSA) is 53.4 Å². The molecule has 0 aliphatic rings. The van der Waals surface area contributed by atoms with Crippen LogP contribution in [0.2, 0.25) is 0 Å². The summed E-state index contributed by atoms with van der Waals surface area (Å²) in [6.07, 6.45) is -3.84.